The summed E-state index contributed by atoms with van der Waals surface area (Å²) in [6, 6.07) is 9.60. The van der Waals surface area contributed by atoms with Crippen molar-refractivity contribution in [2.24, 2.45) is 10.8 Å². The van der Waals surface area contributed by atoms with Crippen molar-refractivity contribution in [1.82, 2.24) is 40.9 Å². The number of carbonyl (C=O) groups is 6. The van der Waals surface area contributed by atoms with E-state index in [9.17, 15) is 37.5 Å². The van der Waals surface area contributed by atoms with Crippen LogP contribution in [0.25, 0.3) is 0 Å². The maximum Gasteiger partial charge on any atom is 0.246 e. The van der Waals surface area contributed by atoms with Gasteiger partial charge in [0.05, 0.1) is 12.1 Å². The Hall–Kier alpha value is -4.96. The van der Waals surface area contributed by atoms with Crippen LogP contribution in [0.4, 0.5) is 8.78 Å². The fourth-order valence-corrected chi connectivity index (χ4v) is 9.25. The first-order valence-corrected chi connectivity index (χ1v) is 25.6. The smallest absolute Gasteiger partial charge is 0.246 e. The molecule has 0 aromatic heterocycles. The Bertz CT molecular complexity index is 1880. The molecular weight excluding hydrogens is 895 g/mol. The Labute approximate surface area is 416 Å². The van der Waals surface area contributed by atoms with Gasteiger partial charge in [-0.25, -0.2) is 8.78 Å². The van der Waals surface area contributed by atoms with Crippen molar-refractivity contribution in [3.05, 3.63) is 71.3 Å². The summed E-state index contributed by atoms with van der Waals surface area (Å²) in [4.78, 5) is 89.8. The van der Waals surface area contributed by atoms with E-state index < -0.39 is 35.0 Å². The zero-order chi connectivity index (χ0) is 51.8. The van der Waals surface area contributed by atoms with Gasteiger partial charge in [0, 0.05) is 64.2 Å². The summed E-state index contributed by atoms with van der Waals surface area (Å²) >= 11 is 0. The monoisotopic (exact) mass is 979 g/mol. The quantitative estimate of drug-likeness (QED) is 0.0881. The van der Waals surface area contributed by atoms with E-state index in [4.69, 9.17) is 0 Å². The van der Waals surface area contributed by atoms with Gasteiger partial charge in [0.25, 0.3) is 0 Å². The van der Waals surface area contributed by atoms with E-state index in [0.29, 0.717) is 77.8 Å². The highest BCUT2D eigenvalue weighted by Crippen LogP contribution is 2.29. The molecule has 390 valence electrons. The molecule has 2 aromatic rings. The van der Waals surface area contributed by atoms with E-state index in [-0.39, 0.29) is 59.2 Å². The number of nitrogens with one attached hydrogen (secondary N) is 4. The Morgan fingerprint density at radius 2 is 0.929 bits per heavy atom. The van der Waals surface area contributed by atoms with Gasteiger partial charge < -0.3 is 40.9 Å². The van der Waals surface area contributed by atoms with Crippen molar-refractivity contribution in [3.63, 3.8) is 0 Å². The number of unbranched alkanes of at least 4 members (excludes halogenated alkanes) is 3. The minimum atomic E-state index is -0.755. The van der Waals surface area contributed by atoms with Crippen LogP contribution in [0.1, 0.15) is 131 Å². The predicted molar refractivity (Wildman–Crippen MR) is 270 cm³/mol. The molecule has 0 radical (unpaired) electrons. The maximum absolute atomic E-state index is 14.2. The Kier molecular flexibility index (Phi) is 22.2. The molecule has 6 amide bonds. The molecular formula is C54H84F2N8O6. The summed E-state index contributed by atoms with van der Waals surface area (Å²) in [6.07, 6.45) is 7.30. The van der Waals surface area contributed by atoms with Crippen LogP contribution in [0.5, 0.6) is 0 Å². The van der Waals surface area contributed by atoms with E-state index >= 15 is 0 Å². The molecule has 70 heavy (non-hydrogen) atoms. The van der Waals surface area contributed by atoms with E-state index in [1.165, 1.54) is 24.3 Å². The lowest BCUT2D eigenvalue weighted by Crippen LogP contribution is -2.59. The SMILES string of the molecule is CN[C@@H](C)C(=O)N[C@H](C(=O)N1CCC[C@H]1CN(CCc1ccc(F)cc1)C(=O)CCCCCCC(=O)N(CCc1ccc(F)cc1)C[C@@H]1CCCN1C(=O)[C@@H](NC(=O)[C@H](C)NC)C(C)(C)C)C(C)(C)C. The molecule has 14 nitrogen and oxygen atoms in total. The lowest BCUT2D eigenvalue weighted by atomic mass is 9.85. The second-order valence-electron chi connectivity index (χ2n) is 21.6. The number of rotatable bonds is 25. The number of nitrogens with zero attached hydrogens (tertiary/aromatic N) is 4. The number of halogens is 2. The minimum Gasteiger partial charge on any atom is -0.342 e. The van der Waals surface area contributed by atoms with Crippen LogP contribution in [-0.4, -0.2) is 145 Å². The second-order valence-corrected chi connectivity index (χ2v) is 21.6. The molecule has 2 fully saturated rings. The number of amides is 6. The van der Waals surface area contributed by atoms with Crippen molar-refractivity contribution >= 4 is 35.4 Å². The van der Waals surface area contributed by atoms with E-state index in [1.807, 2.05) is 61.1 Å². The van der Waals surface area contributed by atoms with Crippen LogP contribution in [0.2, 0.25) is 0 Å². The number of hydrogen-bond donors (Lipinski definition) is 4. The van der Waals surface area contributed by atoms with Crippen LogP contribution in [0.3, 0.4) is 0 Å². The van der Waals surface area contributed by atoms with Gasteiger partial charge in [-0.2, -0.15) is 0 Å². The molecule has 4 N–H and O–H groups in total. The molecule has 0 spiro atoms. The lowest BCUT2D eigenvalue weighted by Gasteiger charge is -2.37. The lowest BCUT2D eigenvalue weighted by molar-refractivity contribution is -0.142. The first-order chi connectivity index (χ1) is 33.0. The van der Waals surface area contributed by atoms with Gasteiger partial charge in [-0.1, -0.05) is 78.6 Å². The van der Waals surface area contributed by atoms with Gasteiger partial charge in [0.15, 0.2) is 0 Å². The first kappa shape index (κ1) is 57.6. The first-order valence-electron chi connectivity index (χ1n) is 25.6. The van der Waals surface area contributed by atoms with E-state index in [2.05, 4.69) is 21.3 Å². The molecule has 2 aromatic carbocycles. The molecule has 0 aliphatic carbocycles. The third-order valence-electron chi connectivity index (χ3n) is 14.0. The molecule has 2 aliphatic rings. The van der Waals surface area contributed by atoms with Gasteiger partial charge in [-0.15, -0.1) is 0 Å². The largest absolute Gasteiger partial charge is 0.342 e. The summed E-state index contributed by atoms with van der Waals surface area (Å²) in [5, 5.41) is 11.8. The van der Waals surface area contributed by atoms with Crippen molar-refractivity contribution in [2.75, 3.05) is 53.4 Å². The maximum atomic E-state index is 14.2. The molecule has 0 saturated carbocycles. The van der Waals surface area contributed by atoms with Crippen LogP contribution in [0, 0.1) is 22.5 Å². The van der Waals surface area contributed by atoms with Crippen molar-refractivity contribution in [3.8, 4) is 0 Å². The topological polar surface area (TPSA) is 163 Å². The van der Waals surface area contributed by atoms with Crippen molar-refractivity contribution in [2.45, 2.75) is 169 Å². The Morgan fingerprint density at radius 1 is 0.586 bits per heavy atom. The highest BCUT2D eigenvalue weighted by atomic mass is 19.1. The highest BCUT2D eigenvalue weighted by Gasteiger charge is 2.42. The summed E-state index contributed by atoms with van der Waals surface area (Å²) < 4.78 is 27.5. The minimum absolute atomic E-state index is 0.0338. The molecule has 4 rings (SSSR count). The van der Waals surface area contributed by atoms with Gasteiger partial charge in [-0.05, 0) is 126 Å². The molecule has 16 heteroatoms. The zero-order valence-electron chi connectivity index (χ0n) is 43.8. The summed E-state index contributed by atoms with van der Waals surface area (Å²) in [5.74, 6) is -1.58. The highest BCUT2D eigenvalue weighted by molar-refractivity contribution is 5.91. The van der Waals surface area contributed by atoms with Crippen LogP contribution in [0.15, 0.2) is 48.5 Å². The fourth-order valence-electron chi connectivity index (χ4n) is 9.25. The van der Waals surface area contributed by atoms with Crippen LogP contribution >= 0.6 is 0 Å². The van der Waals surface area contributed by atoms with Gasteiger partial charge >= 0.3 is 0 Å². The summed E-state index contributed by atoms with van der Waals surface area (Å²) in [7, 11) is 3.39. The molecule has 6 atom stereocenters. The van der Waals surface area contributed by atoms with Crippen molar-refractivity contribution in [1.29, 1.82) is 0 Å². The molecule has 2 heterocycles. The zero-order valence-corrected chi connectivity index (χ0v) is 43.8. The molecule has 0 bridgehead atoms. The standard InChI is InChI=1S/C54H84F2N8O6/c1-37(57-9)49(67)59-47(53(3,4)5)51(69)63-31-15-17-43(63)35-61(33-29-39-21-25-41(55)26-22-39)45(65)19-13-11-12-14-20-46(66)62(34-30-40-23-27-42(56)28-24-40)36-44-18-16-32-64(44)52(70)48(54(6,7)8)60-50(68)38(2)58-10/h21-28,37-38,43-44,47-48,57-58H,11-20,29-36H2,1-10H3,(H,59,67)(H,60,68)/t37-,38-,43-,44-,47+,48+/m0/s1. The molecule has 0 unspecified atom stereocenters. The number of likely N-dealkylation sites (tertiary alicyclic amines) is 2. The average molecular weight is 979 g/mol. The van der Waals surface area contributed by atoms with Gasteiger partial charge in [0.2, 0.25) is 35.4 Å². The number of benzene rings is 2. The predicted octanol–water partition coefficient (Wildman–Crippen LogP) is 6.01. The Balaban J connectivity index is 1.39. The fraction of sp³-hybridized carbons (Fsp3) is 0.667. The van der Waals surface area contributed by atoms with E-state index in [1.54, 1.807) is 52.2 Å². The van der Waals surface area contributed by atoms with Gasteiger partial charge in [0.1, 0.15) is 23.7 Å². The van der Waals surface area contributed by atoms with Crippen LogP contribution < -0.4 is 21.3 Å². The van der Waals surface area contributed by atoms with Gasteiger partial charge in [-0.3, -0.25) is 28.8 Å². The van der Waals surface area contributed by atoms with Crippen LogP contribution in [-0.2, 0) is 41.6 Å². The Morgan fingerprint density at radius 3 is 1.24 bits per heavy atom. The molecule has 2 aliphatic heterocycles. The third-order valence-corrected chi connectivity index (χ3v) is 14.0. The summed E-state index contributed by atoms with van der Waals surface area (Å²) in [5.41, 5.74) is 0.679. The normalized spacial score (nSPS) is 17.9. The third kappa shape index (κ3) is 17.4. The number of carbonyl (C=O) groups excluding carboxylic acids is 6. The van der Waals surface area contributed by atoms with Crippen molar-refractivity contribution < 1.29 is 37.5 Å². The average Bonchev–Trinajstić information content (AvgIpc) is 4.00. The number of hydrogen-bond acceptors (Lipinski definition) is 8. The van der Waals surface area contributed by atoms with E-state index in [0.717, 1.165) is 49.7 Å². The second kappa shape index (κ2) is 27.0. The number of likely N-dealkylation sites (N-methyl/N-ethyl adjacent to an activating group) is 2. The molecule has 2 saturated heterocycles. The summed E-state index contributed by atoms with van der Waals surface area (Å²) in [6.45, 7) is 17.6.